The van der Waals surface area contributed by atoms with Crippen molar-refractivity contribution >= 4 is 17.5 Å². The Hall–Kier alpha value is -3.64. The molecule has 5 rings (SSSR count). The summed E-state index contributed by atoms with van der Waals surface area (Å²) in [5, 5.41) is 1.71. The summed E-state index contributed by atoms with van der Waals surface area (Å²) in [6.07, 6.45) is -0.844. The molecular formula is C26H24N2O4. The van der Waals surface area contributed by atoms with Crippen LogP contribution in [0.3, 0.4) is 0 Å². The van der Waals surface area contributed by atoms with E-state index in [9.17, 15) is 9.59 Å². The van der Waals surface area contributed by atoms with E-state index in [0.29, 0.717) is 6.61 Å². The third-order valence-corrected chi connectivity index (χ3v) is 5.93. The van der Waals surface area contributed by atoms with Crippen molar-refractivity contribution in [2.75, 3.05) is 11.7 Å². The second-order valence-corrected chi connectivity index (χ2v) is 7.91. The number of para-hydroxylation sites is 1. The number of carbonyl (C=O) groups is 2. The predicted molar refractivity (Wildman–Crippen MR) is 120 cm³/mol. The maximum atomic E-state index is 13.5. The smallest absolute Gasteiger partial charge is 0.262 e. The molecule has 0 bridgehead atoms. The van der Waals surface area contributed by atoms with Gasteiger partial charge in [0.1, 0.15) is 11.7 Å². The number of benzene rings is 3. The van der Waals surface area contributed by atoms with Crippen molar-refractivity contribution in [1.82, 2.24) is 4.90 Å². The summed E-state index contributed by atoms with van der Waals surface area (Å²) in [5.41, 5.74) is 2.61. The summed E-state index contributed by atoms with van der Waals surface area (Å²) < 4.78 is 5.57. The maximum Gasteiger partial charge on any atom is 0.262 e. The number of hydroxylamine groups is 1. The number of imide groups is 1. The molecule has 6 nitrogen and oxygen atoms in total. The number of hydrogen-bond donors (Lipinski definition) is 0. The first-order valence-electron chi connectivity index (χ1n) is 10.8. The first-order valence-corrected chi connectivity index (χ1v) is 10.8. The minimum atomic E-state index is -0.844. The molecule has 3 aromatic carbocycles. The van der Waals surface area contributed by atoms with Crippen molar-refractivity contribution in [2.24, 2.45) is 5.92 Å². The molecule has 162 valence electrons. The molecule has 0 spiro atoms. The van der Waals surface area contributed by atoms with Crippen molar-refractivity contribution < 1.29 is 19.2 Å². The van der Waals surface area contributed by atoms with Crippen LogP contribution in [0.15, 0.2) is 84.9 Å². The second kappa shape index (κ2) is 8.48. The van der Waals surface area contributed by atoms with Gasteiger partial charge < -0.3 is 4.74 Å². The third kappa shape index (κ3) is 3.52. The van der Waals surface area contributed by atoms with Gasteiger partial charge in [-0.1, -0.05) is 60.7 Å². The Labute approximate surface area is 186 Å². The van der Waals surface area contributed by atoms with E-state index in [1.54, 1.807) is 5.06 Å². The summed E-state index contributed by atoms with van der Waals surface area (Å²) in [5.74, 6) is -0.360. The number of likely N-dealkylation sites (tertiary alicyclic amines) is 1. The molecule has 0 N–H and O–H groups in total. The van der Waals surface area contributed by atoms with Gasteiger partial charge in [-0.2, -0.15) is 0 Å². The number of hydrogen-bond acceptors (Lipinski definition) is 5. The van der Waals surface area contributed by atoms with Gasteiger partial charge >= 0.3 is 0 Å². The van der Waals surface area contributed by atoms with Crippen LogP contribution >= 0.6 is 0 Å². The fourth-order valence-corrected chi connectivity index (χ4v) is 4.46. The molecule has 3 aromatic rings. The van der Waals surface area contributed by atoms with E-state index < -0.39 is 18.1 Å². The van der Waals surface area contributed by atoms with Gasteiger partial charge in [-0.15, -0.1) is 0 Å². The largest absolute Gasteiger partial charge is 0.494 e. The van der Waals surface area contributed by atoms with E-state index in [1.165, 1.54) is 4.90 Å². The monoisotopic (exact) mass is 428 g/mol. The van der Waals surface area contributed by atoms with Crippen molar-refractivity contribution in [1.29, 1.82) is 0 Å². The summed E-state index contributed by atoms with van der Waals surface area (Å²) in [6, 6.07) is 26.3. The van der Waals surface area contributed by atoms with Crippen molar-refractivity contribution in [3.63, 3.8) is 0 Å². The summed E-state index contributed by atoms with van der Waals surface area (Å²) in [4.78, 5) is 34.2. The van der Waals surface area contributed by atoms with Crippen molar-refractivity contribution in [3.05, 3.63) is 96.1 Å². The topological polar surface area (TPSA) is 59.1 Å². The van der Waals surface area contributed by atoms with E-state index in [4.69, 9.17) is 9.57 Å². The van der Waals surface area contributed by atoms with Crippen LogP contribution < -0.4 is 9.80 Å². The van der Waals surface area contributed by atoms with Crippen molar-refractivity contribution in [3.8, 4) is 5.75 Å². The van der Waals surface area contributed by atoms with Gasteiger partial charge in [-0.3, -0.25) is 19.3 Å². The molecule has 6 heteroatoms. The highest BCUT2D eigenvalue weighted by molar-refractivity contribution is 6.07. The molecule has 2 aliphatic heterocycles. The first-order chi connectivity index (χ1) is 15.7. The van der Waals surface area contributed by atoms with Gasteiger partial charge in [0.15, 0.2) is 6.10 Å². The van der Waals surface area contributed by atoms with E-state index in [0.717, 1.165) is 22.6 Å². The number of anilines is 1. The Kier molecular flexibility index (Phi) is 5.37. The van der Waals surface area contributed by atoms with Crippen LogP contribution in [0.4, 0.5) is 5.69 Å². The third-order valence-electron chi connectivity index (χ3n) is 5.93. The lowest BCUT2D eigenvalue weighted by atomic mass is 9.90. The fraction of sp³-hybridized carbons (Fsp3) is 0.231. The maximum absolute atomic E-state index is 13.5. The first kappa shape index (κ1) is 20.3. The normalized spacial score (nSPS) is 22.3. The van der Waals surface area contributed by atoms with Crippen LogP contribution in [0.5, 0.6) is 5.75 Å². The van der Waals surface area contributed by atoms with E-state index >= 15 is 0 Å². The minimum Gasteiger partial charge on any atom is -0.494 e. The zero-order valence-corrected chi connectivity index (χ0v) is 17.8. The Morgan fingerprint density at radius 2 is 1.50 bits per heavy atom. The molecule has 2 fully saturated rings. The Balaban J connectivity index is 1.50. The Morgan fingerprint density at radius 3 is 2.16 bits per heavy atom. The molecule has 0 unspecified atom stereocenters. The van der Waals surface area contributed by atoms with Crippen LogP contribution in [0.2, 0.25) is 0 Å². The molecule has 0 aromatic heterocycles. The zero-order chi connectivity index (χ0) is 22.1. The van der Waals surface area contributed by atoms with Crippen LogP contribution in [-0.4, -0.2) is 29.4 Å². The van der Waals surface area contributed by atoms with Crippen molar-refractivity contribution in [2.45, 2.75) is 25.6 Å². The van der Waals surface area contributed by atoms with E-state index in [2.05, 4.69) is 0 Å². The molecule has 32 heavy (non-hydrogen) atoms. The average Bonchev–Trinajstić information content (AvgIpc) is 3.33. The van der Waals surface area contributed by atoms with Gasteiger partial charge in [0, 0.05) is 0 Å². The van der Waals surface area contributed by atoms with E-state index in [1.807, 2.05) is 91.9 Å². The number of carbonyl (C=O) groups excluding carboxylic acids is 2. The predicted octanol–water partition coefficient (Wildman–Crippen LogP) is 4.13. The number of fused-ring (bicyclic) bond motifs is 1. The minimum absolute atomic E-state index is 0.207. The summed E-state index contributed by atoms with van der Waals surface area (Å²) in [6.45, 7) is 2.76. The number of ether oxygens (including phenoxy) is 1. The van der Waals surface area contributed by atoms with Gasteiger partial charge in [0.2, 0.25) is 5.91 Å². The summed E-state index contributed by atoms with van der Waals surface area (Å²) in [7, 11) is 0. The lowest BCUT2D eigenvalue weighted by Crippen LogP contribution is -2.36. The molecule has 0 radical (unpaired) electrons. The molecule has 2 amide bonds. The molecule has 0 saturated carbocycles. The SMILES string of the molecule is CCOc1ccc([C@H]2[C@H]3C(=O)N(Cc4ccccc4)C(=O)[C@@H]3ON2c2ccccc2)cc1. The van der Waals surface area contributed by atoms with Crippen LogP contribution in [-0.2, 0) is 21.0 Å². The Morgan fingerprint density at radius 1 is 0.844 bits per heavy atom. The number of amides is 2. The molecular weight excluding hydrogens is 404 g/mol. The van der Waals surface area contributed by atoms with Gasteiger partial charge in [0.25, 0.3) is 5.91 Å². The van der Waals surface area contributed by atoms with Crippen LogP contribution in [0.1, 0.15) is 24.1 Å². The summed E-state index contributed by atoms with van der Waals surface area (Å²) >= 11 is 0. The van der Waals surface area contributed by atoms with Gasteiger partial charge in [-0.05, 0) is 42.3 Å². The van der Waals surface area contributed by atoms with Gasteiger partial charge in [-0.25, -0.2) is 5.06 Å². The highest BCUT2D eigenvalue weighted by atomic mass is 16.7. The second-order valence-electron chi connectivity index (χ2n) is 7.91. The fourth-order valence-electron chi connectivity index (χ4n) is 4.46. The molecule has 2 heterocycles. The zero-order valence-electron chi connectivity index (χ0n) is 17.8. The number of rotatable bonds is 6. The van der Waals surface area contributed by atoms with Gasteiger partial charge in [0.05, 0.1) is 24.9 Å². The highest BCUT2D eigenvalue weighted by Gasteiger charge is 2.59. The number of nitrogens with zero attached hydrogens (tertiary/aromatic N) is 2. The van der Waals surface area contributed by atoms with Crippen LogP contribution in [0, 0.1) is 5.92 Å². The lowest BCUT2D eigenvalue weighted by molar-refractivity contribution is -0.143. The standard InChI is InChI=1S/C26H24N2O4/c1-2-31-21-15-13-19(14-16-21)23-22-24(32-28(23)20-11-7-4-8-12-20)26(30)27(25(22)29)17-18-9-5-3-6-10-18/h3-16,22-24H,2,17H2,1H3/t22-,23+,24-/m1/s1. The quantitative estimate of drug-likeness (QED) is 0.553. The molecule has 2 saturated heterocycles. The molecule has 2 aliphatic rings. The molecule has 3 atom stereocenters. The van der Waals surface area contributed by atoms with E-state index in [-0.39, 0.29) is 18.4 Å². The average molecular weight is 428 g/mol. The Bertz CT molecular complexity index is 1100. The lowest BCUT2D eigenvalue weighted by Gasteiger charge is -2.28. The highest BCUT2D eigenvalue weighted by Crippen LogP contribution is 2.47. The molecule has 0 aliphatic carbocycles. The van der Waals surface area contributed by atoms with Crippen LogP contribution in [0.25, 0.3) is 0 Å².